The van der Waals surface area contributed by atoms with Crippen LogP contribution in [-0.2, 0) is 43.6 Å². The number of carboxylic acid groups (broad SMARTS) is 1. The molecule has 0 aliphatic rings. The fourth-order valence-electron chi connectivity index (χ4n) is 8.17. The fourth-order valence-corrected chi connectivity index (χ4v) is 8.17. The van der Waals surface area contributed by atoms with Gasteiger partial charge in [0.2, 0.25) is 0 Å². The number of carbonyl (C=O) groups excluding carboxylic acids is 4. The number of hydrogen-bond acceptors (Lipinski definition) is 9. The molecule has 1 rings (SSSR count). The van der Waals surface area contributed by atoms with Crippen molar-refractivity contribution in [3.8, 4) is 5.75 Å². The van der Waals surface area contributed by atoms with E-state index in [9.17, 15) is 29.1 Å². The van der Waals surface area contributed by atoms with Crippen LogP contribution in [0.2, 0.25) is 0 Å². The van der Waals surface area contributed by atoms with Crippen LogP contribution >= 0.6 is 0 Å². The Kier molecular flexibility index (Phi) is 32.8. The molecule has 0 aliphatic carbocycles. The Hall–Kier alpha value is -3.43. The average Bonchev–Trinajstić information content (AvgIpc) is 3.20. The van der Waals surface area contributed by atoms with Crippen molar-refractivity contribution in [2.45, 2.75) is 252 Å². The van der Waals surface area contributed by atoms with Gasteiger partial charge >= 0.3 is 29.8 Å². The molecule has 0 saturated heterocycles. The van der Waals surface area contributed by atoms with Gasteiger partial charge in [-0.2, -0.15) is 0 Å². The lowest BCUT2D eigenvalue weighted by molar-refractivity contribution is -0.167. The van der Waals surface area contributed by atoms with Gasteiger partial charge in [0, 0.05) is 23.8 Å². The van der Waals surface area contributed by atoms with Gasteiger partial charge in [0.05, 0.1) is 19.3 Å². The lowest BCUT2D eigenvalue weighted by Crippen LogP contribution is -2.31. The molecule has 10 nitrogen and oxygen atoms in total. The second-order valence-electron chi connectivity index (χ2n) is 18.3. The maximum atomic E-state index is 13.0. The highest BCUT2D eigenvalue weighted by molar-refractivity contribution is 5.80. The van der Waals surface area contributed by atoms with E-state index in [0.717, 1.165) is 49.7 Å². The molecule has 0 bridgehead atoms. The Balaban J connectivity index is 2.60. The number of unbranched alkanes of at least 4 members (excludes halogenated alkanes) is 24. The number of rotatable bonds is 40. The zero-order chi connectivity index (χ0) is 45.9. The molecule has 0 spiro atoms. The van der Waals surface area contributed by atoms with Crippen LogP contribution in [0.25, 0.3) is 0 Å². The summed E-state index contributed by atoms with van der Waals surface area (Å²) in [4.78, 5) is 62.9. The molecule has 1 aromatic carbocycles. The van der Waals surface area contributed by atoms with E-state index >= 15 is 0 Å². The van der Waals surface area contributed by atoms with Gasteiger partial charge in [0.25, 0.3) is 0 Å². The Morgan fingerprint density at radius 1 is 0.516 bits per heavy atom. The van der Waals surface area contributed by atoms with Crippen LogP contribution < -0.4 is 4.74 Å². The lowest BCUT2D eigenvalue weighted by atomic mass is 9.78. The number of hydrogen-bond donors (Lipinski definition) is 1. The van der Waals surface area contributed by atoms with E-state index in [1.807, 2.05) is 19.9 Å². The maximum absolute atomic E-state index is 13.0. The molecule has 62 heavy (non-hydrogen) atoms. The highest BCUT2D eigenvalue weighted by atomic mass is 16.6. The molecule has 0 fully saturated rings. The number of aryl methyl sites for hydroxylation is 2. The Labute approximate surface area is 376 Å². The van der Waals surface area contributed by atoms with E-state index in [1.165, 1.54) is 116 Å². The van der Waals surface area contributed by atoms with Crippen LogP contribution in [-0.4, -0.2) is 54.3 Å². The average molecular weight is 873 g/mol. The van der Waals surface area contributed by atoms with Crippen LogP contribution in [0.4, 0.5) is 0 Å². The summed E-state index contributed by atoms with van der Waals surface area (Å²) in [5, 5.41) is 9.50. The van der Waals surface area contributed by atoms with Crippen LogP contribution in [0.15, 0.2) is 12.1 Å². The first-order valence-corrected chi connectivity index (χ1v) is 24.8. The van der Waals surface area contributed by atoms with Crippen molar-refractivity contribution in [2.75, 3.05) is 13.2 Å². The van der Waals surface area contributed by atoms with Crippen molar-refractivity contribution >= 4 is 29.8 Å². The van der Waals surface area contributed by atoms with Gasteiger partial charge in [0.15, 0.2) is 6.10 Å². The quantitative estimate of drug-likeness (QED) is 0.0293. The maximum Gasteiger partial charge on any atom is 0.311 e. The summed E-state index contributed by atoms with van der Waals surface area (Å²) in [5.41, 5.74) is 1.44. The van der Waals surface area contributed by atoms with Crippen molar-refractivity contribution < 1.29 is 48.0 Å². The van der Waals surface area contributed by atoms with E-state index in [0.29, 0.717) is 18.4 Å². The van der Waals surface area contributed by atoms with Gasteiger partial charge < -0.3 is 24.1 Å². The molecule has 0 heterocycles. The van der Waals surface area contributed by atoms with E-state index < -0.39 is 41.4 Å². The molecule has 1 aromatic rings. The molecule has 0 radical (unpaired) electrons. The van der Waals surface area contributed by atoms with Gasteiger partial charge in [-0.25, -0.2) is 0 Å². The second kappa shape index (κ2) is 36.0. The minimum Gasteiger partial charge on any atom is -0.481 e. The third-order valence-electron chi connectivity index (χ3n) is 11.6. The predicted octanol–water partition coefficient (Wildman–Crippen LogP) is 13.7. The Morgan fingerprint density at radius 2 is 0.887 bits per heavy atom. The summed E-state index contributed by atoms with van der Waals surface area (Å²) in [6.07, 6.45) is 30.0. The van der Waals surface area contributed by atoms with Gasteiger partial charge in [-0.1, -0.05) is 188 Å². The van der Waals surface area contributed by atoms with Gasteiger partial charge in [-0.05, 0) is 43.9 Å². The minimum atomic E-state index is -1.02. The van der Waals surface area contributed by atoms with Crippen molar-refractivity contribution in [1.82, 2.24) is 0 Å². The minimum absolute atomic E-state index is 0.164. The number of aliphatic carboxylic acids is 1. The number of esters is 4. The number of benzene rings is 1. The van der Waals surface area contributed by atoms with Crippen LogP contribution in [0, 0.1) is 13.8 Å². The van der Waals surface area contributed by atoms with Crippen LogP contribution in [0.3, 0.4) is 0 Å². The highest BCUT2D eigenvalue weighted by Crippen LogP contribution is 2.38. The van der Waals surface area contributed by atoms with E-state index in [2.05, 4.69) is 13.8 Å². The van der Waals surface area contributed by atoms with Crippen molar-refractivity contribution in [3.63, 3.8) is 0 Å². The molecular formula is C52H88O10. The normalized spacial score (nSPS) is 11.5. The Bertz CT molecular complexity index is 1340. The molecule has 10 heteroatoms. The lowest BCUT2D eigenvalue weighted by Gasteiger charge is -2.28. The first-order chi connectivity index (χ1) is 29.8. The molecule has 0 aromatic heterocycles. The highest BCUT2D eigenvalue weighted by Gasteiger charge is 2.30. The smallest absolute Gasteiger partial charge is 0.311 e. The third-order valence-corrected chi connectivity index (χ3v) is 11.6. The van der Waals surface area contributed by atoms with E-state index in [4.69, 9.17) is 18.9 Å². The topological polar surface area (TPSA) is 142 Å². The first-order valence-electron chi connectivity index (χ1n) is 24.8. The van der Waals surface area contributed by atoms with Gasteiger partial charge in [-0.3, -0.25) is 24.0 Å². The zero-order valence-corrected chi connectivity index (χ0v) is 40.2. The van der Waals surface area contributed by atoms with Crippen LogP contribution in [0.1, 0.15) is 243 Å². The fraction of sp³-hybridized carbons (Fsp3) is 0.788. The Morgan fingerprint density at radius 3 is 1.27 bits per heavy atom. The van der Waals surface area contributed by atoms with E-state index in [-0.39, 0.29) is 51.1 Å². The summed E-state index contributed by atoms with van der Waals surface area (Å²) in [6.45, 7) is 11.2. The molecule has 0 aliphatic heterocycles. The number of ether oxygens (including phenoxy) is 4. The molecular weight excluding hydrogens is 785 g/mol. The van der Waals surface area contributed by atoms with E-state index in [1.54, 1.807) is 19.9 Å². The summed E-state index contributed by atoms with van der Waals surface area (Å²) < 4.78 is 22.3. The standard InChI is InChI=1S/C52H88O10/c1-7-9-11-13-15-17-19-21-23-25-27-29-31-33-47(55)59-40-44(41-60-48(56)34-32-30-28-26-24-22-20-18-16-14-12-10-8-2)61-49(57)35-36-50(58)62-45-38-42(3)37-43(4)51(45)52(5,6)39-46(53)54/h37-38,44H,7-36,39-41H2,1-6H3,(H,53,54). The molecule has 0 unspecified atom stereocenters. The summed E-state index contributed by atoms with van der Waals surface area (Å²) in [7, 11) is 0. The first kappa shape index (κ1) is 56.6. The molecule has 0 saturated carbocycles. The van der Waals surface area contributed by atoms with Crippen LogP contribution in [0.5, 0.6) is 5.75 Å². The molecule has 0 amide bonds. The second-order valence-corrected chi connectivity index (χ2v) is 18.3. The SMILES string of the molecule is CCCCCCCCCCCCCCCC(=O)OCC(COC(=O)CCCCCCCCCCCCCCC)OC(=O)CCC(=O)Oc1cc(C)cc(C)c1C(C)(C)CC(=O)O. The molecule has 356 valence electrons. The monoisotopic (exact) mass is 873 g/mol. The summed E-state index contributed by atoms with van der Waals surface area (Å²) in [6, 6.07) is 3.60. The summed E-state index contributed by atoms with van der Waals surface area (Å²) in [5.74, 6) is -2.91. The van der Waals surface area contributed by atoms with Crippen molar-refractivity contribution in [1.29, 1.82) is 0 Å². The number of carbonyl (C=O) groups is 5. The van der Waals surface area contributed by atoms with Gasteiger partial charge in [0.1, 0.15) is 19.0 Å². The zero-order valence-electron chi connectivity index (χ0n) is 40.2. The molecule has 1 N–H and O–H groups in total. The molecule has 0 atom stereocenters. The predicted molar refractivity (Wildman–Crippen MR) is 248 cm³/mol. The largest absolute Gasteiger partial charge is 0.481 e. The third kappa shape index (κ3) is 29.8. The van der Waals surface area contributed by atoms with Crippen molar-refractivity contribution in [2.24, 2.45) is 0 Å². The van der Waals surface area contributed by atoms with Crippen molar-refractivity contribution in [3.05, 3.63) is 28.8 Å². The van der Waals surface area contributed by atoms with Gasteiger partial charge in [-0.15, -0.1) is 0 Å². The summed E-state index contributed by atoms with van der Waals surface area (Å²) >= 11 is 0. The number of carboxylic acids is 1.